The number of likely N-dealkylation sites (tertiary alicyclic amines) is 1. The molecular weight excluding hydrogens is 462 g/mol. The lowest BCUT2D eigenvalue weighted by Gasteiger charge is -2.21. The van der Waals surface area contributed by atoms with Gasteiger partial charge in [0, 0.05) is 37.1 Å². The normalized spacial score (nSPS) is 15.6. The van der Waals surface area contributed by atoms with Crippen molar-refractivity contribution in [2.24, 2.45) is 5.73 Å². The number of carbonyl (C=O) groups is 1. The number of aromatic nitrogens is 5. The topological polar surface area (TPSA) is 138 Å². The van der Waals surface area contributed by atoms with Gasteiger partial charge in [-0.3, -0.25) is 9.78 Å². The molecule has 0 radical (unpaired) electrons. The molecule has 35 heavy (non-hydrogen) atoms. The third-order valence-electron chi connectivity index (χ3n) is 5.99. The van der Waals surface area contributed by atoms with Crippen LogP contribution in [0.25, 0.3) is 27.5 Å². The molecule has 0 unspecified atom stereocenters. The number of rotatable bonds is 6. The number of fused-ring (bicyclic) bond motifs is 1. The van der Waals surface area contributed by atoms with Crippen molar-refractivity contribution < 1.29 is 4.79 Å². The maximum atomic E-state index is 13.0. The lowest BCUT2D eigenvalue weighted by atomic mass is 10.1. The van der Waals surface area contributed by atoms with Crippen LogP contribution in [0.2, 0.25) is 0 Å². The number of anilines is 1. The average Bonchev–Trinajstić information content (AvgIpc) is 3.62. The Kier molecular flexibility index (Phi) is 6.15. The van der Waals surface area contributed by atoms with E-state index < -0.39 is 0 Å². The van der Waals surface area contributed by atoms with E-state index in [1.165, 1.54) is 17.5 Å². The van der Waals surface area contributed by atoms with Crippen LogP contribution in [0.4, 0.5) is 5.69 Å². The number of nitrogens with zero attached hydrogens (tertiary/aromatic N) is 7. The van der Waals surface area contributed by atoms with E-state index in [2.05, 4.69) is 45.5 Å². The third kappa shape index (κ3) is 4.34. The summed E-state index contributed by atoms with van der Waals surface area (Å²) in [5, 5.41) is 26.5. The highest BCUT2D eigenvalue weighted by Crippen LogP contribution is 2.34. The number of hydrogen-bond donors (Lipinski definition) is 2. The van der Waals surface area contributed by atoms with Crippen molar-refractivity contribution in [2.75, 3.05) is 18.4 Å². The summed E-state index contributed by atoms with van der Waals surface area (Å²) in [5.74, 6) is -0.118. The molecule has 1 amide bonds. The largest absolute Gasteiger partial charge is 0.382 e. The first-order valence-electron chi connectivity index (χ1n) is 11.5. The molecule has 178 valence electrons. The van der Waals surface area contributed by atoms with E-state index in [1.54, 1.807) is 21.7 Å². The van der Waals surface area contributed by atoms with E-state index in [-0.39, 0.29) is 18.0 Å². The molecule has 1 saturated heterocycles. The maximum absolute atomic E-state index is 13.0. The Morgan fingerprint density at radius 2 is 2.17 bits per heavy atom. The fraction of sp³-hybridized carbons (Fsp3) is 0.333. The summed E-state index contributed by atoms with van der Waals surface area (Å²) in [6.45, 7) is 5.25. The molecule has 0 aromatic carbocycles. The van der Waals surface area contributed by atoms with Crippen LogP contribution < -0.4 is 11.1 Å². The maximum Gasteiger partial charge on any atom is 0.285 e. The Balaban J connectivity index is 1.50. The van der Waals surface area contributed by atoms with Gasteiger partial charge in [0.05, 0.1) is 34.2 Å². The molecule has 5 heterocycles. The summed E-state index contributed by atoms with van der Waals surface area (Å²) < 4.78 is 1.76. The van der Waals surface area contributed by atoms with Crippen molar-refractivity contribution in [3.63, 3.8) is 0 Å². The highest BCUT2D eigenvalue weighted by atomic mass is 32.1. The molecule has 1 aliphatic rings. The minimum atomic E-state index is -0.118. The van der Waals surface area contributed by atoms with Gasteiger partial charge in [0.15, 0.2) is 5.01 Å². The predicted molar refractivity (Wildman–Crippen MR) is 134 cm³/mol. The molecule has 5 rings (SSSR count). The number of amides is 1. The predicted octanol–water partition coefficient (Wildman–Crippen LogP) is 3.17. The zero-order valence-electron chi connectivity index (χ0n) is 19.5. The van der Waals surface area contributed by atoms with Crippen molar-refractivity contribution in [1.82, 2.24) is 29.7 Å². The lowest BCUT2D eigenvalue weighted by Crippen LogP contribution is -2.39. The fourth-order valence-electron chi connectivity index (χ4n) is 4.34. The quantitative estimate of drug-likeness (QED) is 0.423. The zero-order valence-corrected chi connectivity index (χ0v) is 20.3. The summed E-state index contributed by atoms with van der Waals surface area (Å²) in [6.07, 6.45) is 5.15. The fourth-order valence-corrected chi connectivity index (χ4v) is 5.16. The van der Waals surface area contributed by atoms with E-state index in [1.807, 2.05) is 18.2 Å². The molecule has 4 aromatic rings. The van der Waals surface area contributed by atoms with E-state index >= 15 is 0 Å². The number of carbonyl (C=O) groups excluding carboxylic acids is 1. The Morgan fingerprint density at radius 1 is 1.31 bits per heavy atom. The second-order valence-corrected chi connectivity index (χ2v) is 9.75. The van der Waals surface area contributed by atoms with Crippen molar-refractivity contribution in [1.29, 1.82) is 5.26 Å². The Bertz CT molecular complexity index is 1430. The third-order valence-corrected chi connectivity index (χ3v) is 6.93. The molecule has 0 saturated carbocycles. The number of pyridine rings is 1. The van der Waals surface area contributed by atoms with Gasteiger partial charge in [0.1, 0.15) is 6.07 Å². The van der Waals surface area contributed by atoms with Crippen molar-refractivity contribution in [3.05, 3.63) is 47.2 Å². The van der Waals surface area contributed by atoms with Crippen LogP contribution in [-0.2, 0) is 0 Å². The number of nitrogens with one attached hydrogen (secondary N) is 1. The minimum absolute atomic E-state index is 0.0590. The Morgan fingerprint density at radius 3 is 2.94 bits per heavy atom. The number of nitriles is 1. The molecule has 4 aromatic heterocycles. The van der Waals surface area contributed by atoms with Gasteiger partial charge < -0.3 is 16.0 Å². The zero-order chi connectivity index (χ0) is 24.5. The van der Waals surface area contributed by atoms with E-state index in [0.717, 1.165) is 41.0 Å². The van der Waals surface area contributed by atoms with Crippen LogP contribution in [0.15, 0.2) is 36.7 Å². The monoisotopic (exact) mass is 487 g/mol. The molecule has 0 aliphatic carbocycles. The number of nitrogens with two attached hydrogens (primary N) is 1. The molecule has 0 bridgehead atoms. The molecule has 11 heteroatoms. The van der Waals surface area contributed by atoms with Crippen molar-refractivity contribution >= 4 is 28.4 Å². The molecule has 1 atom stereocenters. The number of hydrogen-bond acceptors (Lipinski definition) is 9. The van der Waals surface area contributed by atoms with Crippen LogP contribution in [0.1, 0.15) is 42.1 Å². The standard InChI is InChI=1S/C24H25N9OS/c1-14(2)29-19-9-20(21-6-5-16-8-15(10-25)12-28-33(16)21)27-13-18(19)22-30-31-23(35-22)24(34)32-7-3-4-17(32)11-26/h5-6,8-9,12-14,17H,3-4,7,11,26H2,1-2H3,(H,27,29)/t17-/m0/s1. The molecule has 3 N–H and O–H groups in total. The second kappa shape index (κ2) is 9.40. The average molecular weight is 488 g/mol. The van der Waals surface area contributed by atoms with E-state index in [9.17, 15) is 4.79 Å². The van der Waals surface area contributed by atoms with Gasteiger partial charge >= 0.3 is 0 Å². The summed E-state index contributed by atoms with van der Waals surface area (Å²) >= 11 is 1.26. The summed E-state index contributed by atoms with van der Waals surface area (Å²) in [7, 11) is 0. The van der Waals surface area contributed by atoms with Gasteiger partial charge in [-0.05, 0) is 51.0 Å². The lowest BCUT2D eigenvalue weighted by molar-refractivity contribution is 0.0740. The summed E-state index contributed by atoms with van der Waals surface area (Å²) in [4.78, 5) is 19.5. The first-order chi connectivity index (χ1) is 17.0. The Labute approximate surface area is 206 Å². The van der Waals surface area contributed by atoms with Crippen molar-refractivity contribution in [3.8, 4) is 28.0 Å². The van der Waals surface area contributed by atoms with Gasteiger partial charge in [-0.25, -0.2) is 4.52 Å². The van der Waals surface area contributed by atoms with Gasteiger partial charge in [-0.15, -0.1) is 10.2 Å². The highest BCUT2D eigenvalue weighted by Gasteiger charge is 2.30. The first-order valence-corrected chi connectivity index (χ1v) is 12.3. The van der Waals surface area contributed by atoms with Gasteiger partial charge in [0.25, 0.3) is 5.91 Å². The van der Waals surface area contributed by atoms with Gasteiger partial charge in [-0.1, -0.05) is 11.3 Å². The summed E-state index contributed by atoms with van der Waals surface area (Å²) in [5.41, 5.74) is 10.3. The molecule has 0 spiro atoms. The SMILES string of the molecule is CC(C)Nc1cc(-c2ccc3cc(C#N)cnn23)ncc1-c1nnc(C(=O)N2CCC[C@H]2CN)s1. The van der Waals surface area contributed by atoms with Crippen molar-refractivity contribution in [2.45, 2.75) is 38.8 Å². The molecular formula is C24H25N9OS. The minimum Gasteiger partial charge on any atom is -0.382 e. The van der Waals surface area contributed by atoms with E-state index in [0.29, 0.717) is 28.7 Å². The van der Waals surface area contributed by atoms with Crippen LogP contribution >= 0.6 is 11.3 Å². The van der Waals surface area contributed by atoms with Crippen LogP contribution in [0.3, 0.4) is 0 Å². The highest BCUT2D eigenvalue weighted by molar-refractivity contribution is 7.16. The first kappa shape index (κ1) is 22.9. The Hall–Kier alpha value is -3.88. The van der Waals surface area contributed by atoms with E-state index in [4.69, 9.17) is 11.0 Å². The van der Waals surface area contributed by atoms with Crippen LogP contribution in [0, 0.1) is 11.3 Å². The smallest absolute Gasteiger partial charge is 0.285 e. The molecule has 10 nitrogen and oxygen atoms in total. The van der Waals surface area contributed by atoms with Gasteiger partial charge in [-0.2, -0.15) is 10.4 Å². The summed E-state index contributed by atoms with van der Waals surface area (Å²) in [6, 6.07) is 9.90. The molecule has 1 aliphatic heterocycles. The van der Waals surface area contributed by atoms with Crippen LogP contribution in [0.5, 0.6) is 0 Å². The second-order valence-electron chi connectivity index (χ2n) is 8.77. The van der Waals surface area contributed by atoms with Gasteiger partial charge in [0.2, 0.25) is 5.01 Å². The van der Waals surface area contributed by atoms with Crippen LogP contribution in [-0.4, -0.2) is 60.8 Å². The molecule has 1 fully saturated rings.